The van der Waals surface area contributed by atoms with E-state index in [0.717, 1.165) is 31.0 Å². The zero-order valence-corrected chi connectivity index (χ0v) is 10.9. The highest BCUT2D eigenvalue weighted by molar-refractivity contribution is 5.34. The number of nitrogen functional groups attached to an aromatic ring is 1. The van der Waals surface area contributed by atoms with Gasteiger partial charge < -0.3 is 5.73 Å². The Balaban J connectivity index is 1.98. The summed E-state index contributed by atoms with van der Waals surface area (Å²) >= 11 is 0. The fourth-order valence-corrected chi connectivity index (χ4v) is 2.40. The van der Waals surface area contributed by atoms with Gasteiger partial charge >= 0.3 is 0 Å². The van der Waals surface area contributed by atoms with Crippen molar-refractivity contribution < 1.29 is 0 Å². The Labute approximate surface area is 103 Å². The van der Waals surface area contributed by atoms with E-state index in [1.165, 1.54) is 0 Å². The number of piperazine rings is 1. The largest absolute Gasteiger partial charge is 0.397 e. The van der Waals surface area contributed by atoms with Gasteiger partial charge in [0.1, 0.15) is 0 Å². The Kier molecular flexibility index (Phi) is 3.64. The second-order valence-corrected chi connectivity index (χ2v) is 5.14. The maximum absolute atomic E-state index is 5.64. The van der Waals surface area contributed by atoms with Crippen molar-refractivity contribution in [2.24, 2.45) is 0 Å². The molecule has 0 saturated carbocycles. The van der Waals surface area contributed by atoms with Crippen molar-refractivity contribution >= 4 is 5.69 Å². The van der Waals surface area contributed by atoms with Gasteiger partial charge in [-0.3, -0.25) is 14.8 Å². The van der Waals surface area contributed by atoms with Gasteiger partial charge in [0.15, 0.2) is 0 Å². The molecule has 1 saturated heterocycles. The third-order valence-corrected chi connectivity index (χ3v) is 3.67. The van der Waals surface area contributed by atoms with Crippen molar-refractivity contribution in [2.75, 3.05) is 25.9 Å². The molecule has 0 radical (unpaired) electrons. The smallest absolute Gasteiger partial charge is 0.0545 e. The monoisotopic (exact) mass is 234 g/mol. The van der Waals surface area contributed by atoms with Crippen molar-refractivity contribution in [3.63, 3.8) is 0 Å². The Morgan fingerprint density at radius 1 is 1.29 bits per heavy atom. The predicted octanol–water partition coefficient (Wildman–Crippen LogP) is 1.19. The molecule has 0 spiro atoms. The van der Waals surface area contributed by atoms with Crippen LogP contribution in [0.3, 0.4) is 0 Å². The SMILES string of the molecule is CC1CN(Cc2ccc(N)cn2)CC(C)N1C. The summed E-state index contributed by atoms with van der Waals surface area (Å²) in [4.78, 5) is 9.26. The Hall–Kier alpha value is -1.13. The van der Waals surface area contributed by atoms with Crippen LogP contribution in [0.4, 0.5) is 5.69 Å². The number of likely N-dealkylation sites (N-methyl/N-ethyl adjacent to an activating group) is 1. The maximum Gasteiger partial charge on any atom is 0.0545 e. The van der Waals surface area contributed by atoms with Gasteiger partial charge in [-0.15, -0.1) is 0 Å². The van der Waals surface area contributed by atoms with Crippen LogP contribution in [0.25, 0.3) is 0 Å². The van der Waals surface area contributed by atoms with Crippen LogP contribution in [0.2, 0.25) is 0 Å². The fourth-order valence-electron chi connectivity index (χ4n) is 2.40. The third kappa shape index (κ3) is 2.96. The Bertz CT molecular complexity index is 350. The van der Waals surface area contributed by atoms with Gasteiger partial charge in [-0.25, -0.2) is 0 Å². The van der Waals surface area contributed by atoms with E-state index >= 15 is 0 Å². The number of pyridine rings is 1. The summed E-state index contributed by atoms with van der Waals surface area (Å²) < 4.78 is 0. The molecule has 2 rings (SSSR count). The first kappa shape index (κ1) is 12.3. The van der Waals surface area contributed by atoms with Crippen molar-refractivity contribution in [3.05, 3.63) is 24.0 Å². The van der Waals surface area contributed by atoms with Gasteiger partial charge in [0.2, 0.25) is 0 Å². The van der Waals surface area contributed by atoms with Crippen LogP contribution in [0.5, 0.6) is 0 Å². The lowest BCUT2D eigenvalue weighted by Gasteiger charge is -2.42. The number of rotatable bonds is 2. The average Bonchev–Trinajstić information content (AvgIpc) is 2.29. The van der Waals surface area contributed by atoms with E-state index in [0.29, 0.717) is 12.1 Å². The second-order valence-electron chi connectivity index (χ2n) is 5.14. The van der Waals surface area contributed by atoms with Gasteiger partial charge in [-0.2, -0.15) is 0 Å². The minimum absolute atomic E-state index is 0.604. The van der Waals surface area contributed by atoms with E-state index in [1.807, 2.05) is 12.1 Å². The predicted molar refractivity (Wildman–Crippen MR) is 70.6 cm³/mol. The molecule has 1 aliphatic rings. The molecule has 94 valence electrons. The lowest BCUT2D eigenvalue weighted by atomic mass is 10.1. The zero-order valence-electron chi connectivity index (χ0n) is 10.9. The number of hydrogen-bond acceptors (Lipinski definition) is 4. The minimum Gasteiger partial charge on any atom is -0.397 e. The molecule has 2 heterocycles. The van der Waals surface area contributed by atoms with Crippen molar-refractivity contribution in [3.8, 4) is 0 Å². The van der Waals surface area contributed by atoms with Crippen LogP contribution in [0.1, 0.15) is 19.5 Å². The fraction of sp³-hybridized carbons (Fsp3) is 0.615. The van der Waals surface area contributed by atoms with Crippen molar-refractivity contribution in [2.45, 2.75) is 32.5 Å². The molecule has 0 aromatic carbocycles. The molecular weight excluding hydrogens is 212 g/mol. The maximum atomic E-state index is 5.64. The molecule has 4 heteroatoms. The summed E-state index contributed by atoms with van der Waals surface area (Å²) in [6.07, 6.45) is 1.73. The average molecular weight is 234 g/mol. The summed E-state index contributed by atoms with van der Waals surface area (Å²) in [5.41, 5.74) is 7.47. The summed E-state index contributed by atoms with van der Waals surface area (Å²) in [6.45, 7) is 7.68. The summed E-state index contributed by atoms with van der Waals surface area (Å²) in [7, 11) is 2.20. The number of aromatic nitrogens is 1. The first-order valence-electron chi connectivity index (χ1n) is 6.21. The van der Waals surface area contributed by atoms with Gasteiger partial charge in [0.05, 0.1) is 17.6 Å². The second kappa shape index (κ2) is 5.02. The van der Waals surface area contributed by atoms with E-state index in [4.69, 9.17) is 5.73 Å². The van der Waals surface area contributed by atoms with E-state index in [-0.39, 0.29) is 0 Å². The van der Waals surface area contributed by atoms with Crippen LogP contribution in [0.15, 0.2) is 18.3 Å². The molecule has 17 heavy (non-hydrogen) atoms. The number of nitrogens with zero attached hydrogens (tertiary/aromatic N) is 3. The first-order valence-corrected chi connectivity index (χ1v) is 6.21. The zero-order chi connectivity index (χ0) is 12.4. The minimum atomic E-state index is 0.604. The Morgan fingerprint density at radius 2 is 1.94 bits per heavy atom. The topological polar surface area (TPSA) is 45.4 Å². The summed E-state index contributed by atoms with van der Waals surface area (Å²) in [6, 6.07) is 5.15. The normalized spacial score (nSPS) is 27.2. The molecule has 1 aromatic heterocycles. The molecule has 4 nitrogen and oxygen atoms in total. The highest BCUT2D eigenvalue weighted by atomic mass is 15.3. The van der Waals surface area contributed by atoms with Gasteiger partial charge in [0.25, 0.3) is 0 Å². The van der Waals surface area contributed by atoms with Gasteiger partial charge in [0, 0.05) is 31.7 Å². The first-order chi connectivity index (χ1) is 8.06. The molecule has 2 unspecified atom stereocenters. The molecule has 0 amide bonds. The molecule has 1 fully saturated rings. The van der Waals surface area contributed by atoms with E-state index in [9.17, 15) is 0 Å². The quantitative estimate of drug-likeness (QED) is 0.835. The van der Waals surface area contributed by atoms with Gasteiger partial charge in [-0.05, 0) is 33.0 Å². The summed E-state index contributed by atoms with van der Waals surface area (Å²) in [5.74, 6) is 0. The molecule has 0 aliphatic carbocycles. The van der Waals surface area contributed by atoms with Crippen LogP contribution in [-0.4, -0.2) is 47.0 Å². The lowest BCUT2D eigenvalue weighted by Crippen LogP contribution is -2.54. The van der Waals surface area contributed by atoms with E-state index in [1.54, 1.807) is 6.20 Å². The molecule has 1 aromatic rings. The molecule has 0 bridgehead atoms. The molecule has 1 aliphatic heterocycles. The van der Waals surface area contributed by atoms with Crippen LogP contribution in [0, 0.1) is 0 Å². The molecule has 2 atom stereocenters. The van der Waals surface area contributed by atoms with Crippen molar-refractivity contribution in [1.29, 1.82) is 0 Å². The Morgan fingerprint density at radius 3 is 2.47 bits per heavy atom. The highest BCUT2D eigenvalue weighted by Crippen LogP contribution is 2.15. The molecule has 2 N–H and O–H groups in total. The highest BCUT2D eigenvalue weighted by Gasteiger charge is 2.26. The van der Waals surface area contributed by atoms with Crippen molar-refractivity contribution in [1.82, 2.24) is 14.8 Å². The van der Waals surface area contributed by atoms with Crippen LogP contribution in [-0.2, 0) is 6.54 Å². The number of nitrogens with two attached hydrogens (primary N) is 1. The number of hydrogen-bond donors (Lipinski definition) is 1. The van der Waals surface area contributed by atoms with Gasteiger partial charge in [-0.1, -0.05) is 0 Å². The summed E-state index contributed by atoms with van der Waals surface area (Å²) in [5, 5.41) is 0. The third-order valence-electron chi connectivity index (χ3n) is 3.67. The standard InChI is InChI=1S/C13H22N4/c1-10-7-17(8-11(2)16(10)3)9-13-5-4-12(14)6-15-13/h4-6,10-11H,7-9,14H2,1-3H3. The molecular formula is C13H22N4. The van der Waals surface area contributed by atoms with Crippen LogP contribution >= 0.6 is 0 Å². The van der Waals surface area contributed by atoms with Crippen LogP contribution < -0.4 is 5.73 Å². The lowest BCUT2D eigenvalue weighted by molar-refractivity contribution is 0.0549. The van der Waals surface area contributed by atoms with E-state index in [2.05, 4.69) is 35.7 Å². The van der Waals surface area contributed by atoms with E-state index < -0.39 is 0 Å². The number of anilines is 1.